The molecule has 172 valence electrons. The third kappa shape index (κ3) is 5.30. The molecule has 2 saturated heterocycles. The van der Waals surface area contributed by atoms with Crippen LogP contribution in [-0.2, 0) is 16.0 Å². The molecule has 4 rings (SSSR count). The van der Waals surface area contributed by atoms with Crippen LogP contribution in [0.1, 0.15) is 25.5 Å². The van der Waals surface area contributed by atoms with E-state index in [1.54, 1.807) is 14.0 Å². The lowest BCUT2D eigenvalue weighted by Crippen LogP contribution is -2.51. The highest BCUT2D eigenvalue weighted by Gasteiger charge is 2.31. The molecule has 32 heavy (non-hydrogen) atoms. The van der Waals surface area contributed by atoms with Gasteiger partial charge in [0.05, 0.1) is 12.8 Å². The van der Waals surface area contributed by atoms with Crippen LogP contribution in [0, 0.1) is 11.8 Å². The zero-order valence-electron chi connectivity index (χ0n) is 18.9. The Bertz CT molecular complexity index is 918. The molecule has 0 bridgehead atoms. The van der Waals surface area contributed by atoms with Gasteiger partial charge in [-0.2, -0.15) is 0 Å². The van der Waals surface area contributed by atoms with Crippen LogP contribution in [0.2, 0.25) is 0 Å². The van der Waals surface area contributed by atoms with Crippen molar-refractivity contribution in [2.24, 2.45) is 11.8 Å². The van der Waals surface area contributed by atoms with Crippen LogP contribution < -0.4 is 10.1 Å². The molecule has 1 aromatic heterocycles. The largest absolute Gasteiger partial charge is 0.497 e. The Morgan fingerprint density at radius 1 is 1.12 bits per heavy atom. The molecule has 2 aliphatic rings. The third-order valence-electron chi connectivity index (χ3n) is 6.68. The molecule has 8 heteroatoms. The number of carbonyl (C=O) groups excluding carboxylic acids is 2. The monoisotopic (exact) mass is 440 g/mol. The molecule has 2 fully saturated rings. The number of hydrogen-bond donors (Lipinski definition) is 1. The molecular formula is C24H32N4O4. The molecule has 2 aromatic rings. The maximum absolute atomic E-state index is 12.9. The number of piperazine rings is 1. The van der Waals surface area contributed by atoms with Gasteiger partial charge in [-0.3, -0.25) is 9.59 Å². The molecule has 2 amide bonds. The molecule has 0 spiro atoms. The summed E-state index contributed by atoms with van der Waals surface area (Å²) in [6, 6.07) is 9.72. The van der Waals surface area contributed by atoms with Gasteiger partial charge in [0, 0.05) is 51.2 Å². The SMILES string of the molecule is COc1ccc(-c2cc(C[C@H]3CNCC[C@H]3CC(=O)N3CCN(C(C)=O)CC3)no2)cc1. The number of nitrogens with zero attached hydrogens (tertiary/aromatic N) is 3. The summed E-state index contributed by atoms with van der Waals surface area (Å²) in [5.74, 6) is 2.47. The molecule has 1 aromatic carbocycles. The van der Waals surface area contributed by atoms with E-state index in [0.717, 1.165) is 48.7 Å². The number of rotatable bonds is 6. The summed E-state index contributed by atoms with van der Waals surface area (Å²) < 4.78 is 10.8. The lowest BCUT2D eigenvalue weighted by molar-refractivity contribution is -0.139. The van der Waals surface area contributed by atoms with Gasteiger partial charge >= 0.3 is 0 Å². The van der Waals surface area contributed by atoms with E-state index >= 15 is 0 Å². The highest BCUT2D eigenvalue weighted by atomic mass is 16.5. The third-order valence-corrected chi connectivity index (χ3v) is 6.68. The number of aromatic nitrogens is 1. The fourth-order valence-electron chi connectivity index (χ4n) is 4.68. The lowest BCUT2D eigenvalue weighted by Gasteiger charge is -2.37. The Balaban J connectivity index is 1.35. The van der Waals surface area contributed by atoms with E-state index in [9.17, 15) is 9.59 Å². The Morgan fingerprint density at radius 2 is 1.84 bits per heavy atom. The molecule has 0 saturated carbocycles. The van der Waals surface area contributed by atoms with Gasteiger partial charge in [-0.05, 0) is 62.0 Å². The summed E-state index contributed by atoms with van der Waals surface area (Å²) in [6.07, 6.45) is 2.31. The van der Waals surface area contributed by atoms with Gasteiger partial charge in [-0.1, -0.05) is 5.16 Å². The summed E-state index contributed by atoms with van der Waals surface area (Å²) in [5.41, 5.74) is 1.87. The predicted octanol–water partition coefficient (Wildman–Crippen LogP) is 2.20. The predicted molar refractivity (Wildman–Crippen MR) is 120 cm³/mol. The van der Waals surface area contributed by atoms with Crippen molar-refractivity contribution in [2.45, 2.75) is 26.2 Å². The second kappa shape index (κ2) is 10.2. The highest BCUT2D eigenvalue weighted by molar-refractivity contribution is 5.77. The average Bonchev–Trinajstić information content (AvgIpc) is 3.29. The molecule has 8 nitrogen and oxygen atoms in total. The number of piperidine rings is 1. The smallest absolute Gasteiger partial charge is 0.222 e. The summed E-state index contributed by atoms with van der Waals surface area (Å²) in [7, 11) is 1.65. The maximum Gasteiger partial charge on any atom is 0.222 e. The van der Waals surface area contributed by atoms with E-state index in [1.165, 1.54) is 0 Å². The minimum atomic E-state index is 0.0807. The van der Waals surface area contributed by atoms with Gasteiger partial charge in [0.15, 0.2) is 5.76 Å². The van der Waals surface area contributed by atoms with E-state index in [1.807, 2.05) is 40.1 Å². The van der Waals surface area contributed by atoms with Crippen molar-refractivity contribution in [3.8, 4) is 17.1 Å². The molecule has 0 unspecified atom stereocenters. The molecule has 0 radical (unpaired) electrons. The van der Waals surface area contributed by atoms with Crippen molar-refractivity contribution in [2.75, 3.05) is 46.4 Å². The van der Waals surface area contributed by atoms with Gasteiger partial charge in [0.2, 0.25) is 11.8 Å². The summed E-state index contributed by atoms with van der Waals surface area (Å²) >= 11 is 0. The zero-order valence-corrected chi connectivity index (χ0v) is 18.9. The number of benzene rings is 1. The van der Waals surface area contributed by atoms with Gasteiger partial charge in [-0.25, -0.2) is 0 Å². The van der Waals surface area contributed by atoms with Crippen molar-refractivity contribution < 1.29 is 18.8 Å². The first kappa shape index (κ1) is 22.3. The fraction of sp³-hybridized carbons (Fsp3) is 0.542. The summed E-state index contributed by atoms with van der Waals surface area (Å²) in [6.45, 7) is 5.91. The van der Waals surface area contributed by atoms with Gasteiger partial charge < -0.3 is 24.4 Å². The minimum absolute atomic E-state index is 0.0807. The fourth-order valence-corrected chi connectivity index (χ4v) is 4.68. The molecule has 0 aliphatic carbocycles. The Kier molecular flexibility index (Phi) is 7.09. The van der Waals surface area contributed by atoms with Crippen LogP contribution in [0.3, 0.4) is 0 Å². The minimum Gasteiger partial charge on any atom is -0.497 e. The van der Waals surface area contributed by atoms with E-state index in [0.29, 0.717) is 44.4 Å². The Morgan fingerprint density at radius 3 is 2.53 bits per heavy atom. The van der Waals surface area contributed by atoms with Crippen LogP contribution in [0.15, 0.2) is 34.9 Å². The van der Waals surface area contributed by atoms with E-state index in [-0.39, 0.29) is 11.8 Å². The number of methoxy groups -OCH3 is 1. The number of amides is 2. The van der Waals surface area contributed by atoms with Crippen molar-refractivity contribution in [1.29, 1.82) is 0 Å². The second-order valence-corrected chi connectivity index (χ2v) is 8.72. The van der Waals surface area contributed by atoms with Crippen molar-refractivity contribution in [3.05, 3.63) is 36.0 Å². The molecular weight excluding hydrogens is 408 g/mol. The molecule has 3 heterocycles. The van der Waals surface area contributed by atoms with Crippen LogP contribution in [0.5, 0.6) is 5.75 Å². The highest BCUT2D eigenvalue weighted by Crippen LogP contribution is 2.29. The van der Waals surface area contributed by atoms with Crippen LogP contribution >= 0.6 is 0 Å². The van der Waals surface area contributed by atoms with Crippen molar-refractivity contribution in [3.63, 3.8) is 0 Å². The first-order valence-electron chi connectivity index (χ1n) is 11.4. The Hall–Kier alpha value is -2.87. The van der Waals surface area contributed by atoms with Crippen molar-refractivity contribution >= 4 is 11.8 Å². The maximum atomic E-state index is 12.9. The number of hydrogen-bond acceptors (Lipinski definition) is 6. The standard InChI is InChI=1S/C24H32N4O4/c1-17(29)27-9-11-28(12-10-27)24(30)14-19-7-8-25-16-20(19)13-21-15-23(32-26-21)18-3-5-22(31-2)6-4-18/h3-6,15,19-20,25H,7-14,16H2,1-2H3/t19-,20-/m0/s1. The molecule has 1 N–H and O–H groups in total. The van der Waals surface area contributed by atoms with Crippen LogP contribution in [-0.4, -0.2) is 73.1 Å². The zero-order chi connectivity index (χ0) is 22.5. The van der Waals surface area contributed by atoms with Crippen LogP contribution in [0.25, 0.3) is 11.3 Å². The Labute approximate surface area is 188 Å². The number of ether oxygens (including phenoxy) is 1. The summed E-state index contributed by atoms with van der Waals surface area (Å²) in [5, 5.41) is 7.76. The van der Waals surface area contributed by atoms with Crippen LogP contribution in [0.4, 0.5) is 0 Å². The topological polar surface area (TPSA) is 87.9 Å². The number of carbonyl (C=O) groups is 2. The summed E-state index contributed by atoms with van der Waals surface area (Å²) in [4.78, 5) is 28.2. The van der Waals surface area contributed by atoms with E-state index < -0.39 is 0 Å². The molecule has 2 aliphatic heterocycles. The molecule has 2 atom stereocenters. The second-order valence-electron chi connectivity index (χ2n) is 8.72. The van der Waals surface area contributed by atoms with Gasteiger partial charge in [0.25, 0.3) is 0 Å². The average molecular weight is 441 g/mol. The first-order valence-corrected chi connectivity index (χ1v) is 11.4. The number of nitrogens with one attached hydrogen (secondary N) is 1. The van der Waals surface area contributed by atoms with E-state index in [2.05, 4.69) is 10.5 Å². The lowest BCUT2D eigenvalue weighted by atomic mass is 9.81. The normalized spacial score (nSPS) is 21.4. The first-order chi connectivity index (χ1) is 15.5. The van der Waals surface area contributed by atoms with Gasteiger partial charge in [0.1, 0.15) is 5.75 Å². The quantitative estimate of drug-likeness (QED) is 0.741. The van der Waals surface area contributed by atoms with Gasteiger partial charge in [-0.15, -0.1) is 0 Å². The van der Waals surface area contributed by atoms with Crippen molar-refractivity contribution in [1.82, 2.24) is 20.3 Å². The van der Waals surface area contributed by atoms with E-state index in [4.69, 9.17) is 9.26 Å².